The van der Waals surface area contributed by atoms with Gasteiger partial charge in [-0.1, -0.05) is 18.6 Å². The summed E-state index contributed by atoms with van der Waals surface area (Å²) in [7, 11) is -3.49. The summed E-state index contributed by atoms with van der Waals surface area (Å²) in [5, 5.41) is 0. The highest BCUT2D eigenvalue weighted by Crippen LogP contribution is 2.21. The molecule has 0 bridgehead atoms. The number of hydrogen-bond acceptors (Lipinski definition) is 4. The smallest absolute Gasteiger partial charge is 0.242 e. The molecular formula is C13H22N2O2S2. The van der Waals surface area contributed by atoms with Gasteiger partial charge < -0.3 is 5.73 Å². The summed E-state index contributed by atoms with van der Waals surface area (Å²) < 4.78 is 27.0. The van der Waals surface area contributed by atoms with Crippen LogP contribution in [0.25, 0.3) is 0 Å². The van der Waals surface area contributed by atoms with E-state index in [2.05, 4.69) is 11.0 Å². The molecule has 0 aromatic heterocycles. The monoisotopic (exact) mass is 302 g/mol. The van der Waals surface area contributed by atoms with E-state index in [-0.39, 0.29) is 4.90 Å². The van der Waals surface area contributed by atoms with Crippen LogP contribution in [0.3, 0.4) is 0 Å². The topological polar surface area (TPSA) is 72.2 Å². The van der Waals surface area contributed by atoms with E-state index in [4.69, 9.17) is 5.73 Å². The molecule has 0 amide bonds. The Hall–Kier alpha value is -0.720. The van der Waals surface area contributed by atoms with Gasteiger partial charge in [0.1, 0.15) is 4.90 Å². The molecule has 0 aliphatic rings. The largest absolute Gasteiger partial charge is 0.398 e. The van der Waals surface area contributed by atoms with Crippen LogP contribution in [-0.2, 0) is 10.0 Å². The summed E-state index contributed by atoms with van der Waals surface area (Å²) in [5.74, 6) is 1.12. The zero-order valence-corrected chi connectivity index (χ0v) is 13.1. The van der Waals surface area contributed by atoms with Crippen molar-refractivity contribution in [1.29, 1.82) is 0 Å². The summed E-state index contributed by atoms with van der Waals surface area (Å²) >= 11 is 1.81. The number of nitrogens with two attached hydrogens (primary N) is 1. The number of unbranched alkanes of at least 4 members (excludes halogenated alkanes) is 2. The van der Waals surface area contributed by atoms with Crippen molar-refractivity contribution < 1.29 is 8.42 Å². The lowest BCUT2D eigenvalue weighted by molar-refractivity contribution is 0.576. The third-order valence-electron chi connectivity index (χ3n) is 2.83. The maximum absolute atomic E-state index is 12.2. The Balaban J connectivity index is 2.57. The number of sulfonamides is 1. The molecular weight excluding hydrogens is 280 g/mol. The first-order valence-corrected chi connectivity index (χ1v) is 9.20. The zero-order valence-electron chi connectivity index (χ0n) is 11.5. The summed E-state index contributed by atoms with van der Waals surface area (Å²) in [6.45, 7) is 2.22. The number of anilines is 1. The first-order chi connectivity index (χ1) is 8.99. The van der Waals surface area contributed by atoms with Crippen molar-refractivity contribution in [1.82, 2.24) is 4.72 Å². The average Bonchev–Trinajstić information content (AvgIpc) is 2.33. The molecule has 0 spiro atoms. The van der Waals surface area contributed by atoms with Gasteiger partial charge in [-0.05, 0) is 43.4 Å². The van der Waals surface area contributed by atoms with Gasteiger partial charge in [-0.25, -0.2) is 13.1 Å². The van der Waals surface area contributed by atoms with Gasteiger partial charge in [0.2, 0.25) is 10.0 Å². The number of hydrogen-bond donors (Lipinski definition) is 2. The quantitative estimate of drug-likeness (QED) is 0.571. The highest BCUT2D eigenvalue weighted by atomic mass is 32.2. The van der Waals surface area contributed by atoms with Crippen molar-refractivity contribution in [2.24, 2.45) is 0 Å². The van der Waals surface area contributed by atoms with Crippen LogP contribution in [-0.4, -0.2) is 27.0 Å². The fraction of sp³-hybridized carbons (Fsp3) is 0.538. The van der Waals surface area contributed by atoms with E-state index in [1.165, 1.54) is 0 Å². The molecule has 1 aromatic carbocycles. The van der Waals surface area contributed by atoms with Gasteiger partial charge in [0, 0.05) is 6.54 Å². The van der Waals surface area contributed by atoms with Crippen molar-refractivity contribution in [3.05, 3.63) is 23.8 Å². The predicted octanol–water partition coefficient (Wildman–Crippen LogP) is 2.39. The molecule has 0 unspecified atom stereocenters. The highest BCUT2D eigenvalue weighted by Gasteiger charge is 2.18. The molecule has 0 aliphatic carbocycles. The van der Waals surface area contributed by atoms with Crippen molar-refractivity contribution in [3.8, 4) is 0 Å². The Bertz CT molecular complexity index is 481. The molecule has 108 valence electrons. The Morgan fingerprint density at radius 3 is 2.63 bits per heavy atom. The van der Waals surface area contributed by atoms with E-state index in [0.717, 1.165) is 25.0 Å². The lowest BCUT2D eigenvalue weighted by Crippen LogP contribution is -2.26. The highest BCUT2D eigenvalue weighted by molar-refractivity contribution is 7.98. The molecule has 0 atom stereocenters. The lowest BCUT2D eigenvalue weighted by atomic mass is 10.2. The molecule has 0 saturated carbocycles. The molecule has 0 heterocycles. The fourth-order valence-corrected chi connectivity index (χ4v) is 3.79. The van der Waals surface area contributed by atoms with Crippen LogP contribution in [0.15, 0.2) is 23.1 Å². The molecule has 0 radical (unpaired) electrons. The molecule has 3 N–H and O–H groups in total. The molecule has 6 heteroatoms. The van der Waals surface area contributed by atoms with E-state index in [0.29, 0.717) is 17.8 Å². The molecule has 19 heavy (non-hydrogen) atoms. The minimum absolute atomic E-state index is 0.208. The molecule has 0 fully saturated rings. The number of nitrogen functional groups attached to an aromatic ring is 1. The lowest BCUT2D eigenvalue weighted by Gasteiger charge is -2.11. The van der Waals surface area contributed by atoms with Crippen molar-refractivity contribution >= 4 is 27.5 Å². The molecule has 4 nitrogen and oxygen atoms in total. The second-order valence-corrected chi connectivity index (χ2v) is 7.13. The first-order valence-electron chi connectivity index (χ1n) is 6.32. The number of benzene rings is 1. The van der Waals surface area contributed by atoms with E-state index in [1.54, 1.807) is 25.1 Å². The number of rotatable bonds is 8. The molecule has 0 aliphatic heterocycles. The number of nitrogens with one attached hydrogen (secondary N) is 1. The summed E-state index contributed by atoms with van der Waals surface area (Å²) in [5.41, 5.74) is 6.73. The first kappa shape index (κ1) is 16.3. The van der Waals surface area contributed by atoms with E-state index in [1.807, 2.05) is 11.8 Å². The van der Waals surface area contributed by atoms with Gasteiger partial charge in [0.15, 0.2) is 0 Å². The van der Waals surface area contributed by atoms with Crippen LogP contribution in [0.1, 0.15) is 24.8 Å². The van der Waals surface area contributed by atoms with E-state index >= 15 is 0 Å². The molecule has 1 rings (SSSR count). The normalized spacial score (nSPS) is 11.7. The molecule has 0 saturated heterocycles. The second-order valence-electron chi connectivity index (χ2n) is 4.44. The minimum atomic E-state index is -3.49. The second kappa shape index (κ2) is 7.77. The van der Waals surface area contributed by atoms with Gasteiger partial charge in [0.25, 0.3) is 0 Å². The van der Waals surface area contributed by atoms with Crippen LogP contribution in [0, 0.1) is 6.92 Å². The third kappa shape index (κ3) is 5.04. The van der Waals surface area contributed by atoms with Gasteiger partial charge in [0.05, 0.1) is 5.69 Å². The number of aryl methyl sites for hydroxylation is 1. The van der Waals surface area contributed by atoms with Gasteiger partial charge >= 0.3 is 0 Å². The summed E-state index contributed by atoms with van der Waals surface area (Å²) in [6.07, 6.45) is 5.08. The minimum Gasteiger partial charge on any atom is -0.398 e. The maximum Gasteiger partial charge on any atom is 0.242 e. The predicted molar refractivity (Wildman–Crippen MR) is 83.0 cm³/mol. The zero-order chi connectivity index (χ0) is 14.3. The Labute approximate surface area is 120 Å². The SMILES string of the molecule is CSCCCCCNS(=O)(=O)c1c(C)cccc1N. The van der Waals surface area contributed by atoms with Crippen LogP contribution < -0.4 is 10.5 Å². The Kier molecular flexibility index (Phi) is 6.68. The van der Waals surface area contributed by atoms with Crippen LogP contribution in [0.2, 0.25) is 0 Å². The molecule has 1 aromatic rings. The standard InChI is InChI=1S/C13H22N2O2S2/c1-11-7-6-8-12(14)13(11)19(16,17)15-9-4-3-5-10-18-2/h6-8,15H,3-5,9-10,14H2,1-2H3. The van der Waals surface area contributed by atoms with Crippen molar-refractivity contribution in [2.45, 2.75) is 31.1 Å². The fourth-order valence-electron chi connectivity index (χ4n) is 1.87. The van der Waals surface area contributed by atoms with Gasteiger partial charge in [-0.15, -0.1) is 0 Å². The maximum atomic E-state index is 12.2. The Morgan fingerprint density at radius 1 is 1.26 bits per heavy atom. The van der Waals surface area contributed by atoms with Crippen molar-refractivity contribution in [3.63, 3.8) is 0 Å². The van der Waals surface area contributed by atoms with E-state index < -0.39 is 10.0 Å². The van der Waals surface area contributed by atoms with Gasteiger partial charge in [-0.2, -0.15) is 11.8 Å². The Morgan fingerprint density at radius 2 is 2.00 bits per heavy atom. The van der Waals surface area contributed by atoms with Crippen LogP contribution in [0.4, 0.5) is 5.69 Å². The van der Waals surface area contributed by atoms with Crippen LogP contribution in [0.5, 0.6) is 0 Å². The average molecular weight is 302 g/mol. The third-order valence-corrected chi connectivity index (χ3v) is 5.20. The van der Waals surface area contributed by atoms with E-state index in [9.17, 15) is 8.42 Å². The summed E-state index contributed by atoms with van der Waals surface area (Å²) in [4.78, 5) is 0.208. The van der Waals surface area contributed by atoms with Gasteiger partial charge in [-0.3, -0.25) is 0 Å². The summed E-state index contributed by atoms with van der Waals surface area (Å²) in [6, 6.07) is 5.12. The number of thioether (sulfide) groups is 1. The van der Waals surface area contributed by atoms with Crippen LogP contribution >= 0.6 is 11.8 Å². The van der Waals surface area contributed by atoms with Crippen molar-refractivity contribution in [2.75, 3.05) is 24.3 Å².